The lowest BCUT2D eigenvalue weighted by Gasteiger charge is -2.07. The standard InChI is InChI=1S/C9H6Br2F2O2/c1-15-7(14)2-4-6(12)3-5(10)9(13)8(4)11/h3H,2H2,1H3. The molecule has 0 N–H and O–H groups in total. The van der Waals surface area contributed by atoms with Crippen LogP contribution in [0.4, 0.5) is 8.78 Å². The zero-order chi connectivity index (χ0) is 11.6. The first kappa shape index (κ1) is 12.6. The maximum Gasteiger partial charge on any atom is 0.310 e. The van der Waals surface area contributed by atoms with Gasteiger partial charge in [-0.2, -0.15) is 0 Å². The topological polar surface area (TPSA) is 26.3 Å². The fourth-order valence-corrected chi connectivity index (χ4v) is 2.19. The van der Waals surface area contributed by atoms with Crippen LogP contribution in [0.1, 0.15) is 5.56 Å². The minimum Gasteiger partial charge on any atom is -0.469 e. The molecule has 0 spiro atoms. The number of hydrogen-bond acceptors (Lipinski definition) is 2. The number of ether oxygens (including phenoxy) is 1. The molecule has 1 aromatic carbocycles. The van der Waals surface area contributed by atoms with Gasteiger partial charge in [0.05, 0.1) is 22.5 Å². The highest BCUT2D eigenvalue weighted by Crippen LogP contribution is 2.30. The first-order valence-electron chi connectivity index (χ1n) is 3.86. The molecule has 0 radical (unpaired) electrons. The third-order valence-corrected chi connectivity index (χ3v) is 3.16. The number of carbonyl (C=O) groups excluding carboxylic acids is 1. The van der Waals surface area contributed by atoms with E-state index in [1.165, 1.54) is 7.11 Å². The van der Waals surface area contributed by atoms with Crippen LogP contribution in [0.3, 0.4) is 0 Å². The molecule has 0 saturated heterocycles. The average Bonchev–Trinajstić information content (AvgIpc) is 2.21. The van der Waals surface area contributed by atoms with E-state index in [4.69, 9.17) is 0 Å². The average molecular weight is 344 g/mol. The van der Waals surface area contributed by atoms with Gasteiger partial charge >= 0.3 is 5.97 Å². The minimum absolute atomic E-state index is 0.000454. The van der Waals surface area contributed by atoms with Gasteiger partial charge in [0.2, 0.25) is 0 Å². The molecule has 2 nitrogen and oxygen atoms in total. The smallest absolute Gasteiger partial charge is 0.310 e. The number of carbonyl (C=O) groups is 1. The van der Waals surface area contributed by atoms with Crippen LogP contribution in [0.2, 0.25) is 0 Å². The number of methoxy groups -OCH3 is 1. The van der Waals surface area contributed by atoms with Crippen molar-refractivity contribution in [3.05, 3.63) is 32.2 Å². The largest absolute Gasteiger partial charge is 0.469 e. The Morgan fingerprint density at radius 2 is 2.07 bits per heavy atom. The van der Waals surface area contributed by atoms with Crippen molar-refractivity contribution in [3.8, 4) is 0 Å². The van der Waals surface area contributed by atoms with Gasteiger partial charge in [0.1, 0.15) is 5.82 Å². The van der Waals surface area contributed by atoms with E-state index in [1.54, 1.807) is 0 Å². The molecular weight excluding hydrogens is 338 g/mol. The summed E-state index contributed by atoms with van der Waals surface area (Å²) in [5, 5.41) is 0. The molecule has 0 aliphatic heterocycles. The molecule has 0 atom stereocenters. The Morgan fingerprint density at radius 3 is 2.60 bits per heavy atom. The molecule has 0 bridgehead atoms. The van der Waals surface area contributed by atoms with E-state index >= 15 is 0 Å². The highest BCUT2D eigenvalue weighted by molar-refractivity contribution is 9.11. The number of halogens is 4. The Labute approximate surface area is 102 Å². The lowest BCUT2D eigenvalue weighted by Crippen LogP contribution is -2.08. The van der Waals surface area contributed by atoms with E-state index in [0.29, 0.717) is 0 Å². The van der Waals surface area contributed by atoms with Gasteiger partial charge in [-0.1, -0.05) is 0 Å². The lowest BCUT2D eigenvalue weighted by atomic mass is 10.1. The van der Waals surface area contributed by atoms with Gasteiger partial charge in [-0.15, -0.1) is 0 Å². The first-order chi connectivity index (χ1) is 6.97. The minimum atomic E-state index is -0.666. The summed E-state index contributed by atoms with van der Waals surface area (Å²) in [7, 11) is 1.18. The molecule has 0 unspecified atom stereocenters. The van der Waals surface area contributed by atoms with Crippen LogP contribution in [-0.2, 0) is 16.0 Å². The number of rotatable bonds is 2. The summed E-state index contributed by atoms with van der Waals surface area (Å²) in [4.78, 5) is 10.9. The maximum absolute atomic E-state index is 13.4. The SMILES string of the molecule is COC(=O)Cc1c(F)cc(Br)c(F)c1Br. The third-order valence-electron chi connectivity index (χ3n) is 1.76. The Hall–Kier alpha value is -0.490. The fourth-order valence-electron chi connectivity index (χ4n) is 0.982. The molecule has 6 heteroatoms. The van der Waals surface area contributed by atoms with Crippen LogP contribution in [0, 0.1) is 11.6 Å². The van der Waals surface area contributed by atoms with Crippen molar-refractivity contribution in [3.63, 3.8) is 0 Å². The van der Waals surface area contributed by atoms with E-state index in [1.807, 2.05) is 0 Å². The molecular formula is C9H6Br2F2O2. The number of benzene rings is 1. The molecule has 0 aliphatic carbocycles. The van der Waals surface area contributed by atoms with Gasteiger partial charge in [-0.3, -0.25) is 4.79 Å². The second-order valence-corrected chi connectivity index (χ2v) is 4.35. The molecule has 82 valence electrons. The van der Waals surface area contributed by atoms with E-state index in [9.17, 15) is 13.6 Å². The molecule has 1 rings (SSSR count). The summed E-state index contributed by atoms with van der Waals surface area (Å²) in [6, 6.07) is 0.971. The van der Waals surface area contributed by atoms with Gasteiger partial charge in [0, 0.05) is 5.56 Å². The zero-order valence-corrected chi connectivity index (χ0v) is 10.8. The van der Waals surface area contributed by atoms with Crippen LogP contribution in [0.5, 0.6) is 0 Å². The highest BCUT2D eigenvalue weighted by Gasteiger charge is 2.18. The van der Waals surface area contributed by atoms with Crippen LogP contribution >= 0.6 is 31.9 Å². The van der Waals surface area contributed by atoms with E-state index in [2.05, 4.69) is 36.6 Å². The quantitative estimate of drug-likeness (QED) is 0.468. The maximum atomic E-state index is 13.4. The monoisotopic (exact) mass is 342 g/mol. The Kier molecular flexibility index (Phi) is 4.21. The lowest BCUT2D eigenvalue weighted by molar-refractivity contribution is -0.139. The van der Waals surface area contributed by atoms with Crippen LogP contribution < -0.4 is 0 Å². The van der Waals surface area contributed by atoms with Gasteiger partial charge in [0.15, 0.2) is 5.82 Å². The predicted molar refractivity (Wildman–Crippen MR) is 57.5 cm³/mol. The van der Waals surface area contributed by atoms with Crippen molar-refractivity contribution in [2.75, 3.05) is 7.11 Å². The van der Waals surface area contributed by atoms with Crippen molar-refractivity contribution >= 4 is 37.8 Å². The Bertz CT molecular complexity index is 408. The summed E-state index contributed by atoms with van der Waals surface area (Å²) in [6.45, 7) is 0. The van der Waals surface area contributed by atoms with E-state index in [0.717, 1.165) is 6.07 Å². The van der Waals surface area contributed by atoms with Crippen molar-refractivity contribution in [2.45, 2.75) is 6.42 Å². The Morgan fingerprint density at radius 1 is 1.47 bits per heavy atom. The van der Waals surface area contributed by atoms with Crippen molar-refractivity contribution in [2.24, 2.45) is 0 Å². The molecule has 1 aromatic rings. The van der Waals surface area contributed by atoms with E-state index < -0.39 is 17.6 Å². The number of esters is 1. The summed E-state index contributed by atoms with van der Waals surface area (Å²) >= 11 is 5.74. The molecule has 0 aromatic heterocycles. The van der Waals surface area contributed by atoms with Crippen LogP contribution in [0.15, 0.2) is 15.0 Å². The van der Waals surface area contributed by atoms with Crippen molar-refractivity contribution in [1.29, 1.82) is 0 Å². The summed E-state index contributed by atoms with van der Waals surface area (Å²) in [6.07, 6.45) is -0.312. The van der Waals surface area contributed by atoms with Crippen LogP contribution in [-0.4, -0.2) is 13.1 Å². The summed E-state index contributed by atoms with van der Waals surface area (Å²) in [5.74, 6) is -1.94. The second kappa shape index (κ2) is 5.03. The summed E-state index contributed by atoms with van der Waals surface area (Å²) < 4.78 is 31.0. The van der Waals surface area contributed by atoms with Gasteiger partial charge in [-0.05, 0) is 37.9 Å². The fraction of sp³-hybridized carbons (Fsp3) is 0.222. The van der Waals surface area contributed by atoms with Crippen molar-refractivity contribution in [1.82, 2.24) is 0 Å². The number of hydrogen-bond donors (Lipinski definition) is 0. The second-order valence-electron chi connectivity index (χ2n) is 2.70. The van der Waals surface area contributed by atoms with E-state index in [-0.39, 0.29) is 20.9 Å². The van der Waals surface area contributed by atoms with Gasteiger partial charge in [-0.25, -0.2) is 8.78 Å². The van der Waals surface area contributed by atoms with Crippen molar-refractivity contribution < 1.29 is 18.3 Å². The Balaban J connectivity index is 3.18. The van der Waals surface area contributed by atoms with Crippen LogP contribution in [0.25, 0.3) is 0 Å². The molecule has 0 heterocycles. The third kappa shape index (κ3) is 2.75. The summed E-state index contributed by atoms with van der Waals surface area (Å²) in [5.41, 5.74) is -0.0532. The molecule has 15 heavy (non-hydrogen) atoms. The highest BCUT2D eigenvalue weighted by atomic mass is 79.9. The van der Waals surface area contributed by atoms with Gasteiger partial charge in [0.25, 0.3) is 0 Å². The first-order valence-corrected chi connectivity index (χ1v) is 5.44. The molecule has 0 aliphatic rings. The molecule has 0 amide bonds. The molecule has 0 saturated carbocycles. The normalized spacial score (nSPS) is 10.2. The molecule has 0 fully saturated rings. The van der Waals surface area contributed by atoms with Gasteiger partial charge < -0.3 is 4.74 Å². The zero-order valence-electron chi connectivity index (χ0n) is 7.61. The predicted octanol–water partition coefficient (Wildman–Crippen LogP) is 3.21.